The highest BCUT2D eigenvalue weighted by Gasteiger charge is 2.37. The number of Topliss-reactive ketones (excluding diaryl/α,β-unsaturated/α-hetero) is 2. The van der Waals surface area contributed by atoms with E-state index in [9.17, 15) is 14.7 Å². The Morgan fingerprint density at radius 3 is 2.37 bits per heavy atom. The van der Waals surface area contributed by atoms with Crippen molar-refractivity contribution in [2.24, 2.45) is 15.8 Å². The van der Waals surface area contributed by atoms with Gasteiger partial charge >= 0.3 is 0 Å². The maximum Gasteiger partial charge on any atom is 0.168 e. The molecule has 0 saturated carbocycles. The van der Waals surface area contributed by atoms with Gasteiger partial charge in [-0.2, -0.15) is 0 Å². The number of rotatable bonds is 6. The number of aliphatic hydroxyl groups excluding tert-OH is 1. The van der Waals surface area contributed by atoms with Crippen LogP contribution in [0.2, 0.25) is 0 Å². The van der Waals surface area contributed by atoms with Gasteiger partial charge < -0.3 is 9.63 Å². The van der Waals surface area contributed by atoms with Crippen molar-refractivity contribution in [2.45, 2.75) is 92.5 Å². The lowest BCUT2D eigenvalue weighted by molar-refractivity contribution is -0.118. The molecule has 0 spiro atoms. The molecule has 0 amide bonds. The van der Waals surface area contributed by atoms with Gasteiger partial charge in [-0.05, 0) is 37.0 Å². The molecule has 0 fully saturated rings. The molecule has 6 nitrogen and oxygen atoms in total. The summed E-state index contributed by atoms with van der Waals surface area (Å²) in [6.45, 7) is 12.1. The third-order valence-corrected chi connectivity index (χ3v) is 6.10. The maximum absolute atomic E-state index is 12.9. The van der Waals surface area contributed by atoms with Crippen LogP contribution in [-0.2, 0) is 17.6 Å². The third kappa shape index (κ3) is 4.73. The fourth-order valence-corrected chi connectivity index (χ4v) is 4.45. The highest BCUT2D eigenvalue weighted by molar-refractivity contribution is 6.23. The van der Waals surface area contributed by atoms with Crippen molar-refractivity contribution in [3.8, 4) is 0 Å². The molecule has 0 radical (unpaired) electrons. The standard InChI is InChI=1S/C24H34N2O4/c1-7-14(2)25-15(21-17(27)10-23(3,4)11-18(21)28)8-9-16-22-19(29)12-24(5,6)13-20(22)30-26-16/h14,27H,7-13H2,1-6H3. The fourth-order valence-electron chi connectivity index (χ4n) is 4.45. The summed E-state index contributed by atoms with van der Waals surface area (Å²) in [5, 5.41) is 14.8. The van der Waals surface area contributed by atoms with Gasteiger partial charge in [-0.15, -0.1) is 0 Å². The summed E-state index contributed by atoms with van der Waals surface area (Å²) in [5.41, 5.74) is 1.83. The minimum Gasteiger partial charge on any atom is -0.511 e. The largest absolute Gasteiger partial charge is 0.511 e. The van der Waals surface area contributed by atoms with Gasteiger partial charge in [-0.3, -0.25) is 14.6 Å². The average molecular weight is 415 g/mol. The van der Waals surface area contributed by atoms with Crippen LogP contribution in [0, 0.1) is 10.8 Å². The highest BCUT2D eigenvalue weighted by Crippen LogP contribution is 2.38. The fraction of sp³-hybridized carbons (Fsp3) is 0.667. The van der Waals surface area contributed by atoms with Gasteiger partial charge in [-0.1, -0.05) is 39.8 Å². The Kier molecular flexibility index (Phi) is 6.08. The first-order valence-corrected chi connectivity index (χ1v) is 11.0. The monoisotopic (exact) mass is 414 g/mol. The molecule has 0 saturated heterocycles. The number of aliphatic hydroxyl groups is 1. The number of carbonyl (C=O) groups excluding carboxylic acids is 2. The Bertz CT molecular complexity index is 918. The zero-order valence-electron chi connectivity index (χ0n) is 19.1. The van der Waals surface area contributed by atoms with Crippen molar-refractivity contribution in [2.75, 3.05) is 0 Å². The lowest BCUT2D eigenvalue weighted by Crippen LogP contribution is -2.30. The number of hydrogen-bond acceptors (Lipinski definition) is 6. The van der Waals surface area contributed by atoms with Gasteiger partial charge in [0.15, 0.2) is 11.6 Å². The molecule has 0 aromatic carbocycles. The first-order valence-electron chi connectivity index (χ1n) is 11.0. The van der Waals surface area contributed by atoms with Gasteiger partial charge in [-0.25, -0.2) is 0 Å². The minimum absolute atomic E-state index is 0.0386. The molecule has 1 aromatic heterocycles. The van der Waals surface area contributed by atoms with Gasteiger partial charge in [0.1, 0.15) is 11.5 Å². The summed E-state index contributed by atoms with van der Waals surface area (Å²) in [6.07, 6.45) is 3.73. The van der Waals surface area contributed by atoms with E-state index in [1.165, 1.54) is 0 Å². The lowest BCUT2D eigenvalue weighted by Gasteiger charge is -2.30. The number of allylic oxidation sites excluding steroid dienone is 2. The number of aromatic nitrogens is 1. The van der Waals surface area contributed by atoms with Crippen LogP contribution in [-0.4, -0.2) is 33.6 Å². The number of fused-ring (bicyclic) bond motifs is 1. The SMILES string of the molecule is CCC(C)N=C(CCc1noc2c1C(=O)CC(C)(C)C2)C1=C(O)CC(C)(C)CC1=O. The Hall–Kier alpha value is -2.24. The number of ketones is 2. The smallest absolute Gasteiger partial charge is 0.168 e. The van der Waals surface area contributed by atoms with Crippen molar-refractivity contribution in [3.05, 3.63) is 28.3 Å². The molecule has 1 heterocycles. The van der Waals surface area contributed by atoms with E-state index in [-0.39, 0.29) is 34.2 Å². The topological polar surface area (TPSA) is 92.8 Å². The van der Waals surface area contributed by atoms with Gasteiger partial charge in [0.25, 0.3) is 0 Å². The van der Waals surface area contributed by atoms with Crippen molar-refractivity contribution >= 4 is 17.3 Å². The van der Waals surface area contributed by atoms with E-state index in [0.717, 1.165) is 6.42 Å². The molecule has 2 aliphatic rings. The Labute approximate surface area is 178 Å². The van der Waals surface area contributed by atoms with Crippen molar-refractivity contribution in [3.63, 3.8) is 0 Å². The lowest BCUT2D eigenvalue weighted by atomic mass is 9.74. The number of aliphatic imine (C=N–C) groups is 1. The molecule has 2 aliphatic carbocycles. The van der Waals surface area contributed by atoms with Crippen LogP contribution < -0.4 is 0 Å². The molecule has 6 heteroatoms. The van der Waals surface area contributed by atoms with Crippen LogP contribution in [0.5, 0.6) is 0 Å². The van der Waals surface area contributed by atoms with Crippen LogP contribution in [0.1, 0.15) is 95.5 Å². The average Bonchev–Trinajstić information content (AvgIpc) is 2.99. The molecule has 1 N–H and O–H groups in total. The van der Waals surface area contributed by atoms with Crippen LogP contribution in [0.4, 0.5) is 0 Å². The molecule has 30 heavy (non-hydrogen) atoms. The van der Waals surface area contributed by atoms with Gasteiger partial charge in [0.2, 0.25) is 0 Å². The molecule has 164 valence electrons. The van der Waals surface area contributed by atoms with Crippen molar-refractivity contribution in [1.29, 1.82) is 0 Å². The molecule has 1 unspecified atom stereocenters. The van der Waals surface area contributed by atoms with Crippen LogP contribution in [0.25, 0.3) is 0 Å². The van der Waals surface area contributed by atoms with Gasteiger partial charge in [0, 0.05) is 37.4 Å². The van der Waals surface area contributed by atoms with Gasteiger partial charge in [0.05, 0.1) is 16.8 Å². The summed E-state index contributed by atoms with van der Waals surface area (Å²) >= 11 is 0. The first-order chi connectivity index (χ1) is 13.9. The quantitative estimate of drug-likeness (QED) is 0.646. The maximum atomic E-state index is 12.9. The van der Waals surface area contributed by atoms with Crippen LogP contribution in [0.3, 0.4) is 0 Å². The number of hydrogen-bond donors (Lipinski definition) is 1. The van der Waals surface area contributed by atoms with E-state index in [1.807, 2.05) is 27.7 Å². The molecular weight excluding hydrogens is 380 g/mol. The van der Waals surface area contributed by atoms with Crippen molar-refractivity contribution < 1.29 is 19.2 Å². The molecule has 1 aromatic rings. The molecule has 3 rings (SSSR count). The second kappa shape index (κ2) is 8.12. The summed E-state index contributed by atoms with van der Waals surface area (Å²) in [7, 11) is 0. The molecule has 1 atom stereocenters. The molecular formula is C24H34N2O4. The highest BCUT2D eigenvalue weighted by atomic mass is 16.5. The summed E-state index contributed by atoms with van der Waals surface area (Å²) in [6, 6.07) is 0.0386. The van der Waals surface area contributed by atoms with E-state index in [0.29, 0.717) is 66.8 Å². The number of aryl methyl sites for hydroxylation is 1. The van der Waals surface area contributed by atoms with E-state index in [2.05, 4.69) is 19.0 Å². The zero-order chi connectivity index (χ0) is 22.3. The minimum atomic E-state index is -0.253. The van der Waals surface area contributed by atoms with E-state index in [1.54, 1.807) is 0 Å². The molecule has 0 aliphatic heterocycles. The Morgan fingerprint density at radius 2 is 1.73 bits per heavy atom. The van der Waals surface area contributed by atoms with Crippen LogP contribution >= 0.6 is 0 Å². The number of nitrogens with zero attached hydrogens (tertiary/aromatic N) is 2. The summed E-state index contributed by atoms with van der Waals surface area (Å²) in [5.74, 6) is 0.781. The summed E-state index contributed by atoms with van der Waals surface area (Å²) in [4.78, 5) is 30.3. The van der Waals surface area contributed by atoms with Crippen molar-refractivity contribution in [1.82, 2.24) is 5.16 Å². The van der Waals surface area contributed by atoms with E-state index < -0.39 is 0 Å². The second-order valence-corrected chi connectivity index (χ2v) is 10.5. The Balaban J connectivity index is 1.89. The van der Waals surface area contributed by atoms with Crippen LogP contribution in [0.15, 0.2) is 20.8 Å². The Morgan fingerprint density at radius 1 is 1.10 bits per heavy atom. The predicted octanol–water partition coefficient (Wildman–Crippen LogP) is 5.20. The predicted molar refractivity (Wildman–Crippen MR) is 116 cm³/mol. The third-order valence-electron chi connectivity index (χ3n) is 6.10. The summed E-state index contributed by atoms with van der Waals surface area (Å²) < 4.78 is 5.50. The zero-order valence-corrected chi connectivity index (χ0v) is 19.1. The second-order valence-electron chi connectivity index (χ2n) is 10.5. The molecule has 0 bridgehead atoms. The normalized spacial score (nSPS) is 22.3. The first kappa shape index (κ1) is 22.4. The number of carbonyl (C=O) groups is 2. The van der Waals surface area contributed by atoms with E-state index >= 15 is 0 Å². The van der Waals surface area contributed by atoms with E-state index in [4.69, 9.17) is 9.52 Å².